The molecule has 2 aromatic heterocycles. The maximum Gasteiger partial charge on any atom is 0.277 e. The van der Waals surface area contributed by atoms with Gasteiger partial charge in [0.2, 0.25) is 11.9 Å². The van der Waals surface area contributed by atoms with Crippen LogP contribution in [-0.2, 0) is 9.53 Å². The summed E-state index contributed by atoms with van der Waals surface area (Å²) in [6, 6.07) is 3.13. The predicted octanol–water partition coefficient (Wildman–Crippen LogP) is 1.98. The van der Waals surface area contributed by atoms with Crippen LogP contribution in [0.15, 0.2) is 18.3 Å². The van der Waals surface area contributed by atoms with Crippen LogP contribution < -0.4 is 0 Å². The van der Waals surface area contributed by atoms with E-state index in [9.17, 15) is 14.0 Å². The Hall–Kier alpha value is -2.48. The van der Waals surface area contributed by atoms with Crippen molar-refractivity contribution < 1.29 is 18.7 Å². The van der Waals surface area contributed by atoms with E-state index in [1.807, 2.05) is 17.9 Å². The van der Waals surface area contributed by atoms with Gasteiger partial charge in [0, 0.05) is 19.2 Å². The molecule has 0 aromatic carbocycles. The van der Waals surface area contributed by atoms with Gasteiger partial charge in [0.15, 0.2) is 11.4 Å². The minimum absolute atomic E-state index is 0.00444. The Morgan fingerprint density at radius 1 is 1.39 bits per heavy atom. The van der Waals surface area contributed by atoms with E-state index in [1.165, 1.54) is 4.40 Å². The molecule has 28 heavy (non-hydrogen) atoms. The van der Waals surface area contributed by atoms with Gasteiger partial charge in [-0.1, -0.05) is 19.9 Å². The van der Waals surface area contributed by atoms with Crippen molar-refractivity contribution in [2.24, 2.45) is 5.92 Å². The van der Waals surface area contributed by atoms with E-state index in [1.54, 1.807) is 17.2 Å². The largest absolute Gasteiger partial charge is 0.351 e. The molecule has 3 atom stereocenters. The fraction of sp³-hybridized carbons (Fsp3) is 0.550. The van der Waals surface area contributed by atoms with E-state index >= 15 is 0 Å². The molecule has 2 amide bonds. The number of hydrogen-bond donors (Lipinski definition) is 0. The number of nitrogens with zero attached hydrogens (tertiary/aromatic N) is 4. The molecule has 2 aromatic rings. The number of hydrogen-bond acceptors (Lipinski definition) is 4. The van der Waals surface area contributed by atoms with Crippen LogP contribution in [0, 0.1) is 18.8 Å². The van der Waals surface area contributed by atoms with E-state index in [0.29, 0.717) is 25.2 Å². The molecule has 3 fully saturated rings. The third-order valence-electron chi connectivity index (χ3n) is 6.43. The summed E-state index contributed by atoms with van der Waals surface area (Å²) in [4.78, 5) is 33.6. The van der Waals surface area contributed by atoms with Crippen molar-refractivity contribution in [3.05, 3.63) is 35.5 Å². The van der Waals surface area contributed by atoms with Crippen molar-refractivity contribution in [1.82, 2.24) is 19.2 Å². The van der Waals surface area contributed by atoms with Crippen LogP contribution in [0.1, 0.15) is 42.7 Å². The number of amides is 2. The topological polar surface area (TPSA) is 67.2 Å². The number of ether oxygens (including phenoxy) is 1. The standard InChI is InChI=1S/C20H23FN4O3/c1-11(2)13-10-28-20-6-7-23(14(20)8-16(26)25(13)20)19(27)17-18(21)24-9-12(3)4-5-15(24)22-17/h4-5,9,11,13-14H,6-8,10H2,1-3H3/t13-,14+,20-/m0/s1. The predicted molar refractivity (Wildman–Crippen MR) is 98.1 cm³/mol. The lowest BCUT2D eigenvalue weighted by Crippen LogP contribution is -2.51. The Kier molecular flexibility index (Phi) is 3.62. The molecule has 3 aliphatic heterocycles. The van der Waals surface area contributed by atoms with Crippen molar-refractivity contribution in [3.63, 3.8) is 0 Å². The van der Waals surface area contributed by atoms with Crippen LogP contribution in [0.5, 0.6) is 0 Å². The first-order valence-corrected chi connectivity index (χ1v) is 9.75. The van der Waals surface area contributed by atoms with Gasteiger partial charge < -0.3 is 14.5 Å². The number of pyridine rings is 1. The van der Waals surface area contributed by atoms with E-state index in [2.05, 4.69) is 18.8 Å². The zero-order valence-electron chi connectivity index (χ0n) is 16.2. The molecule has 5 heterocycles. The molecular weight excluding hydrogens is 363 g/mol. The second-order valence-corrected chi connectivity index (χ2v) is 8.39. The molecule has 0 aliphatic carbocycles. The van der Waals surface area contributed by atoms with E-state index in [0.717, 1.165) is 5.56 Å². The summed E-state index contributed by atoms with van der Waals surface area (Å²) >= 11 is 0. The number of rotatable bonds is 2. The molecule has 0 unspecified atom stereocenters. The lowest BCUT2D eigenvalue weighted by Gasteiger charge is -2.34. The first-order valence-electron chi connectivity index (χ1n) is 9.75. The molecule has 0 bridgehead atoms. The van der Waals surface area contributed by atoms with Gasteiger partial charge in [-0.05, 0) is 24.5 Å². The first kappa shape index (κ1) is 17.6. The zero-order chi connectivity index (χ0) is 19.8. The summed E-state index contributed by atoms with van der Waals surface area (Å²) in [6.07, 6.45) is 2.38. The van der Waals surface area contributed by atoms with Gasteiger partial charge in [0.1, 0.15) is 5.65 Å². The third-order valence-corrected chi connectivity index (χ3v) is 6.43. The lowest BCUT2D eigenvalue weighted by molar-refractivity contribution is -0.139. The van der Waals surface area contributed by atoms with E-state index in [-0.39, 0.29) is 30.0 Å². The fourth-order valence-electron chi connectivity index (χ4n) is 5.01. The highest BCUT2D eigenvalue weighted by molar-refractivity contribution is 5.95. The molecule has 0 radical (unpaired) electrons. The van der Waals surface area contributed by atoms with E-state index in [4.69, 9.17) is 4.74 Å². The molecule has 3 saturated heterocycles. The van der Waals surface area contributed by atoms with Crippen LogP contribution in [0.25, 0.3) is 5.65 Å². The summed E-state index contributed by atoms with van der Waals surface area (Å²) < 4.78 is 22.4. The summed E-state index contributed by atoms with van der Waals surface area (Å²) in [5.41, 5.74) is 0.293. The molecule has 0 saturated carbocycles. The van der Waals surface area contributed by atoms with Crippen molar-refractivity contribution >= 4 is 17.5 Å². The number of halogens is 1. The molecule has 1 spiro atoms. The number of aryl methyl sites for hydroxylation is 1. The SMILES string of the molecule is Cc1ccc2nc(C(=O)N3CC[C@@]45OC[C@@H](C(C)C)N4C(=O)C[C@@H]35)c(F)n2c1. The third kappa shape index (κ3) is 2.15. The molecule has 3 aliphatic rings. The van der Waals surface area contributed by atoms with Crippen molar-refractivity contribution in [2.45, 2.75) is 51.4 Å². The highest BCUT2D eigenvalue weighted by atomic mass is 19.1. The molecular formula is C20H23FN4O3. The minimum atomic E-state index is -0.770. The maximum absolute atomic E-state index is 14.9. The van der Waals surface area contributed by atoms with E-state index < -0.39 is 23.6 Å². The second-order valence-electron chi connectivity index (χ2n) is 8.39. The molecule has 5 rings (SSSR count). The highest BCUT2D eigenvalue weighted by Crippen LogP contribution is 2.49. The Balaban J connectivity index is 1.50. The Labute approximate surface area is 162 Å². The summed E-state index contributed by atoms with van der Waals surface area (Å²) in [6.45, 7) is 6.89. The quantitative estimate of drug-likeness (QED) is 0.792. The summed E-state index contributed by atoms with van der Waals surface area (Å²) in [5, 5.41) is 0. The van der Waals surface area contributed by atoms with Crippen LogP contribution in [0.3, 0.4) is 0 Å². The van der Waals surface area contributed by atoms with Gasteiger partial charge in [-0.25, -0.2) is 4.98 Å². The number of carbonyl (C=O) groups excluding carboxylic acids is 2. The lowest BCUT2D eigenvalue weighted by atomic mass is 10.0. The van der Waals surface area contributed by atoms with Gasteiger partial charge >= 0.3 is 0 Å². The molecule has 0 N–H and O–H groups in total. The maximum atomic E-state index is 14.9. The number of fused-ring (bicyclic) bond motifs is 1. The molecule has 7 nitrogen and oxygen atoms in total. The number of imidazole rings is 1. The fourth-order valence-corrected chi connectivity index (χ4v) is 5.01. The average molecular weight is 386 g/mol. The monoisotopic (exact) mass is 386 g/mol. The minimum Gasteiger partial charge on any atom is -0.351 e. The second kappa shape index (κ2) is 5.76. The average Bonchev–Trinajstić information content (AvgIpc) is 3.35. The number of carbonyl (C=O) groups is 2. The Morgan fingerprint density at radius 3 is 2.93 bits per heavy atom. The van der Waals surface area contributed by atoms with Gasteiger partial charge in [0.25, 0.3) is 5.91 Å². The van der Waals surface area contributed by atoms with Crippen LogP contribution >= 0.6 is 0 Å². The Bertz CT molecular complexity index is 1000. The van der Waals surface area contributed by atoms with Crippen LogP contribution in [0.2, 0.25) is 0 Å². The van der Waals surface area contributed by atoms with Crippen LogP contribution in [-0.4, -0.2) is 62.0 Å². The normalized spacial score (nSPS) is 29.2. The summed E-state index contributed by atoms with van der Waals surface area (Å²) in [5.74, 6) is -0.874. The van der Waals surface area contributed by atoms with Gasteiger partial charge in [-0.15, -0.1) is 0 Å². The molecule has 8 heteroatoms. The molecule has 148 valence electrons. The first-order chi connectivity index (χ1) is 13.3. The van der Waals surface area contributed by atoms with Crippen LogP contribution in [0.4, 0.5) is 4.39 Å². The number of aromatic nitrogens is 2. The highest BCUT2D eigenvalue weighted by Gasteiger charge is 2.66. The van der Waals surface area contributed by atoms with Gasteiger partial charge in [0.05, 0.1) is 25.1 Å². The van der Waals surface area contributed by atoms with Gasteiger partial charge in [-0.3, -0.25) is 14.0 Å². The van der Waals surface area contributed by atoms with Crippen molar-refractivity contribution in [2.75, 3.05) is 13.2 Å². The number of likely N-dealkylation sites (tertiary alicyclic amines) is 1. The van der Waals surface area contributed by atoms with Crippen molar-refractivity contribution in [1.29, 1.82) is 0 Å². The summed E-state index contributed by atoms with van der Waals surface area (Å²) in [7, 11) is 0. The van der Waals surface area contributed by atoms with Crippen molar-refractivity contribution in [3.8, 4) is 0 Å². The zero-order valence-corrected chi connectivity index (χ0v) is 16.2. The van der Waals surface area contributed by atoms with Gasteiger partial charge in [-0.2, -0.15) is 4.39 Å². The smallest absolute Gasteiger partial charge is 0.277 e. The Morgan fingerprint density at radius 2 is 2.18 bits per heavy atom.